The largest absolute Gasteiger partial charge is 0.328 e. The lowest BCUT2D eigenvalue weighted by Crippen LogP contribution is -2.35. The molecule has 0 aromatic carbocycles. The highest BCUT2D eigenvalue weighted by molar-refractivity contribution is 5.54. The molecule has 0 atom stereocenters. The van der Waals surface area contributed by atoms with Crippen molar-refractivity contribution in [2.75, 3.05) is 0 Å². The Hall–Kier alpha value is -1.28. The van der Waals surface area contributed by atoms with Crippen molar-refractivity contribution >= 4 is 5.52 Å². The molecule has 0 saturated heterocycles. The van der Waals surface area contributed by atoms with Gasteiger partial charge in [0, 0.05) is 29.4 Å². The molecule has 2 aromatic rings. The van der Waals surface area contributed by atoms with Crippen LogP contribution >= 0.6 is 0 Å². The summed E-state index contributed by atoms with van der Waals surface area (Å²) in [6, 6.07) is 9.03. The molecule has 0 amide bonds. The SMILES string of the molecule is Cc1cc2ccccn2c1C1CC(N)C1. The molecule has 0 unspecified atom stereocenters. The molecule has 0 spiro atoms. The first-order valence-electron chi connectivity index (χ1n) is 5.58. The predicted molar refractivity (Wildman–Crippen MR) is 62.1 cm³/mol. The summed E-state index contributed by atoms with van der Waals surface area (Å²) in [5.74, 6) is 0.671. The van der Waals surface area contributed by atoms with Crippen LogP contribution in [0.25, 0.3) is 5.52 Å². The van der Waals surface area contributed by atoms with E-state index >= 15 is 0 Å². The van der Waals surface area contributed by atoms with E-state index in [1.807, 2.05) is 0 Å². The normalized spacial score (nSPS) is 25.5. The van der Waals surface area contributed by atoms with E-state index in [1.165, 1.54) is 16.8 Å². The van der Waals surface area contributed by atoms with Gasteiger partial charge in [-0.1, -0.05) is 6.07 Å². The van der Waals surface area contributed by atoms with Crippen LogP contribution in [-0.4, -0.2) is 10.4 Å². The number of rotatable bonds is 1. The number of fused-ring (bicyclic) bond motifs is 1. The Kier molecular flexibility index (Phi) is 1.86. The summed E-state index contributed by atoms with van der Waals surface area (Å²) in [6.45, 7) is 2.20. The average Bonchev–Trinajstić information content (AvgIpc) is 2.49. The van der Waals surface area contributed by atoms with Crippen LogP contribution in [-0.2, 0) is 0 Å². The Morgan fingerprint density at radius 3 is 2.87 bits per heavy atom. The Labute approximate surface area is 89.7 Å². The molecular weight excluding hydrogens is 184 g/mol. The molecular formula is C13H16N2. The number of aryl methyl sites for hydroxylation is 1. The fourth-order valence-corrected chi connectivity index (χ4v) is 2.68. The van der Waals surface area contributed by atoms with Crippen LogP contribution < -0.4 is 5.73 Å². The quantitative estimate of drug-likeness (QED) is 0.753. The first kappa shape index (κ1) is 8.98. The topological polar surface area (TPSA) is 30.4 Å². The minimum Gasteiger partial charge on any atom is -0.328 e. The molecule has 15 heavy (non-hydrogen) atoms. The van der Waals surface area contributed by atoms with E-state index in [9.17, 15) is 0 Å². The summed E-state index contributed by atoms with van der Waals surface area (Å²) in [4.78, 5) is 0. The van der Waals surface area contributed by atoms with Crippen molar-refractivity contribution in [3.05, 3.63) is 41.7 Å². The van der Waals surface area contributed by atoms with Crippen LogP contribution in [0, 0.1) is 6.92 Å². The number of pyridine rings is 1. The van der Waals surface area contributed by atoms with Gasteiger partial charge in [0.2, 0.25) is 0 Å². The first-order valence-corrected chi connectivity index (χ1v) is 5.58. The highest BCUT2D eigenvalue weighted by atomic mass is 14.9. The number of nitrogens with two attached hydrogens (primary N) is 1. The van der Waals surface area contributed by atoms with Crippen molar-refractivity contribution in [3.8, 4) is 0 Å². The zero-order chi connectivity index (χ0) is 10.4. The molecule has 2 nitrogen and oxygen atoms in total. The molecule has 1 aliphatic rings. The van der Waals surface area contributed by atoms with Gasteiger partial charge in [0.25, 0.3) is 0 Å². The van der Waals surface area contributed by atoms with Gasteiger partial charge in [-0.3, -0.25) is 0 Å². The van der Waals surface area contributed by atoms with Crippen LogP contribution in [0.3, 0.4) is 0 Å². The standard InChI is InChI=1S/C13H16N2/c1-9-6-12-4-2-3-5-15(12)13(9)10-7-11(14)8-10/h2-6,10-11H,7-8,14H2,1H3. The molecule has 0 aliphatic heterocycles. The van der Waals surface area contributed by atoms with Crippen LogP contribution in [0.2, 0.25) is 0 Å². The van der Waals surface area contributed by atoms with Gasteiger partial charge in [-0.15, -0.1) is 0 Å². The van der Waals surface area contributed by atoms with Gasteiger partial charge in [-0.25, -0.2) is 0 Å². The van der Waals surface area contributed by atoms with Gasteiger partial charge in [-0.05, 0) is 43.5 Å². The van der Waals surface area contributed by atoms with Crippen molar-refractivity contribution < 1.29 is 0 Å². The zero-order valence-electron chi connectivity index (χ0n) is 8.98. The molecule has 1 aliphatic carbocycles. The van der Waals surface area contributed by atoms with Gasteiger partial charge in [0.15, 0.2) is 0 Å². The van der Waals surface area contributed by atoms with E-state index in [0.717, 1.165) is 12.8 Å². The van der Waals surface area contributed by atoms with Crippen LogP contribution in [0.5, 0.6) is 0 Å². The van der Waals surface area contributed by atoms with Crippen molar-refractivity contribution in [1.82, 2.24) is 4.40 Å². The molecule has 3 rings (SSSR count). The van der Waals surface area contributed by atoms with E-state index in [0.29, 0.717) is 12.0 Å². The third-order valence-corrected chi connectivity index (χ3v) is 3.48. The second-order valence-electron chi connectivity index (χ2n) is 4.64. The maximum Gasteiger partial charge on any atom is 0.0455 e. The number of aromatic nitrogens is 1. The maximum atomic E-state index is 5.86. The number of hydrogen-bond acceptors (Lipinski definition) is 1. The second kappa shape index (κ2) is 3.11. The molecule has 1 saturated carbocycles. The van der Waals surface area contributed by atoms with Crippen molar-refractivity contribution in [2.24, 2.45) is 5.73 Å². The van der Waals surface area contributed by atoms with Crippen LogP contribution in [0.15, 0.2) is 30.5 Å². The van der Waals surface area contributed by atoms with Crippen molar-refractivity contribution in [2.45, 2.75) is 31.7 Å². The Bertz CT molecular complexity index is 492. The minimum absolute atomic E-state index is 0.420. The summed E-state index contributed by atoms with van der Waals surface area (Å²) in [5.41, 5.74) is 10.0. The van der Waals surface area contributed by atoms with Gasteiger partial charge in [0.1, 0.15) is 0 Å². The van der Waals surface area contributed by atoms with Gasteiger partial charge in [-0.2, -0.15) is 0 Å². The highest BCUT2D eigenvalue weighted by Crippen LogP contribution is 2.38. The van der Waals surface area contributed by atoms with E-state index in [1.54, 1.807) is 0 Å². The highest BCUT2D eigenvalue weighted by Gasteiger charge is 2.30. The average molecular weight is 200 g/mol. The second-order valence-corrected chi connectivity index (χ2v) is 4.64. The van der Waals surface area contributed by atoms with E-state index in [2.05, 4.69) is 41.8 Å². The lowest BCUT2D eigenvalue weighted by molar-refractivity contribution is 0.343. The molecule has 0 radical (unpaired) electrons. The summed E-state index contributed by atoms with van der Waals surface area (Å²) in [5, 5.41) is 0. The molecule has 78 valence electrons. The van der Waals surface area contributed by atoms with E-state index in [4.69, 9.17) is 5.73 Å². The number of hydrogen-bond donors (Lipinski definition) is 1. The van der Waals surface area contributed by atoms with Crippen molar-refractivity contribution in [3.63, 3.8) is 0 Å². The molecule has 2 heteroatoms. The van der Waals surface area contributed by atoms with Crippen LogP contribution in [0.1, 0.15) is 30.0 Å². The lowest BCUT2D eigenvalue weighted by Gasteiger charge is -2.33. The van der Waals surface area contributed by atoms with Crippen molar-refractivity contribution in [1.29, 1.82) is 0 Å². The van der Waals surface area contributed by atoms with E-state index < -0.39 is 0 Å². The Morgan fingerprint density at radius 2 is 2.13 bits per heavy atom. The molecule has 1 fully saturated rings. The first-order chi connectivity index (χ1) is 7.25. The molecule has 0 bridgehead atoms. The lowest BCUT2D eigenvalue weighted by atomic mass is 9.78. The minimum atomic E-state index is 0.420. The third kappa shape index (κ3) is 1.29. The fraction of sp³-hybridized carbons (Fsp3) is 0.385. The maximum absolute atomic E-state index is 5.86. The molecule has 2 heterocycles. The third-order valence-electron chi connectivity index (χ3n) is 3.48. The van der Waals surface area contributed by atoms with E-state index in [-0.39, 0.29) is 0 Å². The Balaban J connectivity index is 2.12. The Morgan fingerprint density at radius 1 is 1.33 bits per heavy atom. The number of nitrogens with zero attached hydrogens (tertiary/aromatic N) is 1. The summed E-state index contributed by atoms with van der Waals surface area (Å²) >= 11 is 0. The fourth-order valence-electron chi connectivity index (χ4n) is 2.68. The summed E-state index contributed by atoms with van der Waals surface area (Å²) in [7, 11) is 0. The smallest absolute Gasteiger partial charge is 0.0455 e. The summed E-state index contributed by atoms with van der Waals surface area (Å²) < 4.78 is 2.31. The van der Waals surface area contributed by atoms with Gasteiger partial charge < -0.3 is 10.1 Å². The van der Waals surface area contributed by atoms with Crippen LogP contribution in [0.4, 0.5) is 0 Å². The van der Waals surface area contributed by atoms with Gasteiger partial charge >= 0.3 is 0 Å². The predicted octanol–water partition coefficient (Wildman–Crippen LogP) is 2.45. The molecule has 2 N–H and O–H groups in total. The molecule has 2 aromatic heterocycles. The monoisotopic (exact) mass is 200 g/mol. The summed E-state index contributed by atoms with van der Waals surface area (Å²) in [6.07, 6.45) is 4.44. The van der Waals surface area contributed by atoms with Gasteiger partial charge in [0.05, 0.1) is 0 Å². The zero-order valence-corrected chi connectivity index (χ0v) is 8.98.